The van der Waals surface area contributed by atoms with Gasteiger partial charge in [-0.05, 0) is 42.9 Å². The van der Waals surface area contributed by atoms with E-state index in [2.05, 4.69) is 16.3 Å². The second-order valence-corrected chi connectivity index (χ2v) is 6.61. The lowest BCUT2D eigenvalue weighted by atomic mass is 10.1. The summed E-state index contributed by atoms with van der Waals surface area (Å²) in [6.45, 7) is 3.41. The lowest BCUT2D eigenvalue weighted by Gasteiger charge is -2.27. The van der Waals surface area contributed by atoms with Gasteiger partial charge in [0.2, 0.25) is 0 Å². The lowest BCUT2D eigenvalue weighted by Crippen LogP contribution is -2.38. The molecule has 0 aromatic heterocycles. The van der Waals surface area contributed by atoms with Gasteiger partial charge in [-0.15, -0.1) is 0 Å². The molecule has 3 rings (SSSR count). The summed E-state index contributed by atoms with van der Waals surface area (Å²) in [7, 11) is 2.03. The smallest absolute Gasteiger partial charge is 0.255 e. The predicted molar refractivity (Wildman–Crippen MR) is 102 cm³/mol. The number of nitrogens with zero attached hydrogens (tertiary/aromatic N) is 2. The third-order valence-electron chi connectivity index (χ3n) is 4.29. The van der Waals surface area contributed by atoms with Crippen molar-refractivity contribution in [1.29, 1.82) is 5.26 Å². The summed E-state index contributed by atoms with van der Waals surface area (Å²) in [5.74, 6) is -0.196. The molecule has 0 saturated carbocycles. The third-order valence-corrected chi connectivity index (χ3v) is 4.29. The molecule has 1 amide bonds. The zero-order chi connectivity index (χ0) is 19.1. The van der Waals surface area contributed by atoms with Gasteiger partial charge in [-0.1, -0.05) is 18.2 Å². The molecular weight excluding hydrogens is 342 g/mol. The van der Waals surface area contributed by atoms with Crippen molar-refractivity contribution >= 4 is 11.6 Å². The molecule has 0 aliphatic carbocycles. The number of benzene rings is 2. The number of ether oxygens (including phenoxy) is 2. The molecule has 140 valence electrons. The van der Waals surface area contributed by atoms with E-state index in [0.29, 0.717) is 43.2 Å². The van der Waals surface area contributed by atoms with Gasteiger partial charge in [0.1, 0.15) is 0 Å². The molecule has 0 bridgehead atoms. The highest BCUT2D eigenvalue weighted by molar-refractivity contribution is 6.04. The van der Waals surface area contributed by atoms with Crippen LogP contribution in [0.25, 0.3) is 0 Å². The summed E-state index contributed by atoms with van der Waals surface area (Å²) in [5.41, 5.74) is 2.75. The van der Waals surface area contributed by atoms with Gasteiger partial charge in [0, 0.05) is 24.3 Å². The van der Waals surface area contributed by atoms with Crippen LogP contribution in [0.3, 0.4) is 0 Å². The van der Waals surface area contributed by atoms with Gasteiger partial charge < -0.3 is 14.8 Å². The SMILES string of the molecule is CN(Cc1cccc(C(=O)Nc2cccc(C#N)c2)c1)C[C@@H]1COCCO1. The van der Waals surface area contributed by atoms with E-state index in [4.69, 9.17) is 14.7 Å². The van der Waals surface area contributed by atoms with Gasteiger partial charge in [0.25, 0.3) is 5.91 Å². The molecule has 6 heteroatoms. The first kappa shape index (κ1) is 19.1. The minimum Gasteiger partial charge on any atom is -0.376 e. The standard InChI is InChI=1S/C21H23N3O3/c1-24(14-20-15-26-8-9-27-20)13-17-5-2-6-18(10-17)21(25)23-19-7-3-4-16(11-19)12-22/h2-7,10-11,20H,8-9,13-15H2,1H3,(H,23,25)/t20-/m1/s1. The molecule has 2 aromatic rings. The minimum atomic E-state index is -0.196. The molecule has 0 unspecified atom stereocenters. The van der Waals surface area contributed by atoms with E-state index >= 15 is 0 Å². The summed E-state index contributed by atoms with van der Waals surface area (Å²) in [6.07, 6.45) is 0.0858. The lowest BCUT2D eigenvalue weighted by molar-refractivity contribution is -0.0962. The molecule has 1 fully saturated rings. The highest BCUT2D eigenvalue weighted by atomic mass is 16.6. The van der Waals surface area contributed by atoms with Crippen LogP contribution in [-0.4, -0.2) is 50.3 Å². The van der Waals surface area contributed by atoms with Crippen LogP contribution in [0, 0.1) is 11.3 Å². The van der Waals surface area contributed by atoms with Crippen LogP contribution in [-0.2, 0) is 16.0 Å². The molecule has 2 aromatic carbocycles. The Morgan fingerprint density at radius 2 is 2.11 bits per heavy atom. The Morgan fingerprint density at radius 3 is 2.89 bits per heavy atom. The maximum Gasteiger partial charge on any atom is 0.255 e. The van der Waals surface area contributed by atoms with Crippen molar-refractivity contribution in [3.63, 3.8) is 0 Å². The average Bonchev–Trinajstić information content (AvgIpc) is 2.69. The van der Waals surface area contributed by atoms with Crippen LogP contribution in [0.5, 0.6) is 0 Å². The highest BCUT2D eigenvalue weighted by Gasteiger charge is 2.16. The number of anilines is 1. The number of amides is 1. The molecule has 6 nitrogen and oxygen atoms in total. The summed E-state index contributed by atoms with van der Waals surface area (Å²) in [6, 6.07) is 16.5. The molecule has 1 saturated heterocycles. The van der Waals surface area contributed by atoms with Crippen molar-refractivity contribution < 1.29 is 14.3 Å². The van der Waals surface area contributed by atoms with Crippen molar-refractivity contribution in [2.24, 2.45) is 0 Å². The molecule has 1 atom stereocenters. The second-order valence-electron chi connectivity index (χ2n) is 6.61. The molecule has 0 radical (unpaired) electrons. The monoisotopic (exact) mass is 365 g/mol. The van der Waals surface area contributed by atoms with Crippen molar-refractivity contribution in [3.8, 4) is 6.07 Å². The molecule has 1 heterocycles. The van der Waals surface area contributed by atoms with Gasteiger partial charge in [-0.2, -0.15) is 5.26 Å². The van der Waals surface area contributed by atoms with Crippen molar-refractivity contribution in [2.75, 3.05) is 38.7 Å². The van der Waals surface area contributed by atoms with E-state index in [-0.39, 0.29) is 12.0 Å². The fourth-order valence-electron chi connectivity index (χ4n) is 3.05. The first-order valence-electron chi connectivity index (χ1n) is 8.92. The minimum absolute atomic E-state index is 0.0858. The van der Waals surface area contributed by atoms with E-state index in [9.17, 15) is 4.79 Å². The Bertz CT molecular complexity index is 825. The predicted octanol–water partition coefficient (Wildman–Crippen LogP) is 2.66. The zero-order valence-corrected chi connectivity index (χ0v) is 15.4. The largest absolute Gasteiger partial charge is 0.376 e. The third kappa shape index (κ3) is 5.63. The normalized spacial score (nSPS) is 16.7. The van der Waals surface area contributed by atoms with Crippen LogP contribution in [0.2, 0.25) is 0 Å². The van der Waals surface area contributed by atoms with Crippen molar-refractivity contribution in [2.45, 2.75) is 12.6 Å². The summed E-state index contributed by atoms with van der Waals surface area (Å²) in [4.78, 5) is 14.7. The average molecular weight is 365 g/mol. The van der Waals surface area contributed by atoms with Gasteiger partial charge in [0.05, 0.1) is 37.6 Å². The zero-order valence-electron chi connectivity index (χ0n) is 15.4. The number of rotatable bonds is 6. The number of carbonyl (C=O) groups excluding carboxylic acids is 1. The topological polar surface area (TPSA) is 74.6 Å². The quantitative estimate of drug-likeness (QED) is 0.852. The van der Waals surface area contributed by atoms with Gasteiger partial charge in [0.15, 0.2) is 0 Å². The molecular formula is C21H23N3O3. The summed E-state index contributed by atoms with van der Waals surface area (Å²) in [5, 5.41) is 11.8. The Labute approximate surface area is 159 Å². The van der Waals surface area contributed by atoms with Gasteiger partial charge in [-0.25, -0.2) is 0 Å². The first-order valence-corrected chi connectivity index (χ1v) is 8.92. The van der Waals surface area contributed by atoms with E-state index in [0.717, 1.165) is 12.1 Å². The number of likely N-dealkylation sites (N-methyl/N-ethyl adjacent to an activating group) is 1. The van der Waals surface area contributed by atoms with E-state index in [1.807, 2.05) is 25.2 Å². The number of hydrogen-bond acceptors (Lipinski definition) is 5. The highest BCUT2D eigenvalue weighted by Crippen LogP contribution is 2.14. The van der Waals surface area contributed by atoms with Crippen LogP contribution < -0.4 is 5.32 Å². The van der Waals surface area contributed by atoms with Crippen LogP contribution in [0.15, 0.2) is 48.5 Å². The maximum absolute atomic E-state index is 12.5. The van der Waals surface area contributed by atoms with E-state index in [1.54, 1.807) is 30.3 Å². The van der Waals surface area contributed by atoms with Crippen LogP contribution >= 0.6 is 0 Å². The van der Waals surface area contributed by atoms with Crippen LogP contribution in [0.4, 0.5) is 5.69 Å². The Balaban J connectivity index is 1.60. The van der Waals surface area contributed by atoms with Gasteiger partial charge >= 0.3 is 0 Å². The Hall–Kier alpha value is -2.72. The molecule has 1 N–H and O–H groups in total. The van der Waals surface area contributed by atoms with Crippen LogP contribution in [0.1, 0.15) is 21.5 Å². The molecule has 0 spiro atoms. The number of carbonyl (C=O) groups is 1. The maximum atomic E-state index is 12.5. The fraction of sp³-hybridized carbons (Fsp3) is 0.333. The van der Waals surface area contributed by atoms with Gasteiger partial charge in [-0.3, -0.25) is 9.69 Å². The van der Waals surface area contributed by atoms with E-state index < -0.39 is 0 Å². The number of nitrogens with one attached hydrogen (secondary N) is 1. The number of nitriles is 1. The Kier molecular flexibility index (Phi) is 6.55. The van der Waals surface area contributed by atoms with Crippen molar-refractivity contribution in [1.82, 2.24) is 4.90 Å². The first-order chi connectivity index (χ1) is 13.1. The molecule has 1 aliphatic heterocycles. The number of hydrogen-bond donors (Lipinski definition) is 1. The molecule has 1 aliphatic rings. The summed E-state index contributed by atoms with van der Waals surface area (Å²) < 4.78 is 11.1. The Morgan fingerprint density at radius 1 is 1.26 bits per heavy atom. The second kappa shape index (κ2) is 9.28. The summed E-state index contributed by atoms with van der Waals surface area (Å²) >= 11 is 0. The van der Waals surface area contributed by atoms with Crippen molar-refractivity contribution in [3.05, 3.63) is 65.2 Å². The van der Waals surface area contributed by atoms with E-state index in [1.165, 1.54) is 0 Å². The fourth-order valence-corrected chi connectivity index (χ4v) is 3.05. The molecule has 27 heavy (non-hydrogen) atoms.